The minimum atomic E-state index is 0.416. The second-order valence-electron chi connectivity index (χ2n) is 5.07. The average Bonchev–Trinajstić information content (AvgIpc) is 2.85. The SMILES string of the molecule is COc1ccccc1CC(C)NCCc1ccnn1C. The third kappa shape index (κ3) is 3.84. The fourth-order valence-electron chi connectivity index (χ4n) is 2.37. The Hall–Kier alpha value is -1.81. The van der Waals surface area contributed by atoms with Gasteiger partial charge in [-0.2, -0.15) is 5.10 Å². The van der Waals surface area contributed by atoms with Gasteiger partial charge < -0.3 is 10.1 Å². The topological polar surface area (TPSA) is 39.1 Å². The van der Waals surface area contributed by atoms with E-state index in [1.165, 1.54) is 11.3 Å². The van der Waals surface area contributed by atoms with E-state index in [-0.39, 0.29) is 0 Å². The molecule has 1 unspecified atom stereocenters. The highest BCUT2D eigenvalue weighted by atomic mass is 16.5. The van der Waals surface area contributed by atoms with Crippen LogP contribution in [0.25, 0.3) is 0 Å². The third-order valence-electron chi connectivity index (χ3n) is 3.52. The molecule has 2 aromatic rings. The molecule has 1 N–H and O–H groups in total. The molecule has 4 nitrogen and oxygen atoms in total. The molecule has 1 atom stereocenters. The zero-order valence-corrected chi connectivity index (χ0v) is 12.5. The molecule has 0 spiro atoms. The van der Waals surface area contributed by atoms with Crippen LogP contribution in [0.3, 0.4) is 0 Å². The van der Waals surface area contributed by atoms with Gasteiger partial charge in [-0.25, -0.2) is 0 Å². The lowest BCUT2D eigenvalue weighted by atomic mass is 10.1. The molecule has 108 valence electrons. The van der Waals surface area contributed by atoms with E-state index in [0.717, 1.165) is 25.1 Å². The Balaban J connectivity index is 1.80. The van der Waals surface area contributed by atoms with Gasteiger partial charge in [0.05, 0.1) is 7.11 Å². The molecule has 0 saturated heterocycles. The van der Waals surface area contributed by atoms with E-state index in [0.29, 0.717) is 6.04 Å². The molecule has 0 fully saturated rings. The van der Waals surface area contributed by atoms with Crippen molar-refractivity contribution >= 4 is 0 Å². The summed E-state index contributed by atoms with van der Waals surface area (Å²) in [5.74, 6) is 0.966. The molecule has 1 aromatic carbocycles. The van der Waals surface area contributed by atoms with E-state index in [2.05, 4.69) is 35.5 Å². The Morgan fingerprint density at radius 2 is 2.10 bits per heavy atom. The standard InChI is InChI=1S/C16H23N3O/c1-13(12-14-6-4-5-7-16(14)20-3)17-10-8-15-9-11-18-19(15)2/h4-7,9,11,13,17H,8,10,12H2,1-3H3. The summed E-state index contributed by atoms with van der Waals surface area (Å²) in [4.78, 5) is 0. The van der Waals surface area contributed by atoms with Crippen molar-refractivity contribution in [3.05, 3.63) is 47.8 Å². The number of para-hydroxylation sites is 1. The summed E-state index contributed by atoms with van der Waals surface area (Å²) < 4.78 is 7.31. The molecule has 1 heterocycles. The number of benzene rings is 1. The van der Waals surface area contributed by atoms with Crippen LogP contribution in [0.15, 0.2) is 36.5 Å². The largest absolute Gasteiger partial charge is 0.496 e. The smallest absolute Gasteiger partial charge is 0.122 e. The summed E-state index contributed by atoms with van der Waals surface area (Å²) in [6.07, 6.45) is 3.80. The highest BCUT2D eigenvalue weighted by molar-refractivity contribution is 5.33. The van der Waals surface area contributed by atoms with Gasteiger partial charge in [-0.1, -0.05) is 18.2 Å². The zero-order chi connectivity index (χ0) is 14.4. The number of aryl methyl sites for hydroxylation is 1. The molecule has 0 aliphatic carbocycles. The number of hydrogen-bond acceptors (Lipinski definition) is 3. The number of ether oxygens (including phenoxy) is 1. The summed E-state index contributed by atoms with van der Waals surface area (Å²) in [7, 11) is 3.70. The number of nitrogens with one attached hydrogen (secondary N) is 1. The number of hydrogen-bond donors (Lipinski definition) is 1. The van der Waals surface area contributed by atoms with Crippen LogP contribution in [0.5, 0.6) is 5.75 Å². The Labute approximate surface area is 120 Å². The number of nitrogens with zero attached hydrogens (tertiary/aromatic N) is 2. The Kier molecular flexibility index (Phi) is 5.18. The van der Waals surface area contributed by atoms with Gasteiger partial charge in [0.15, 0.2) is 0 Å². The Morgan fingerprint density at radius 3 is 2.80 bits per heavy atom. The summed E-state index contributed by atoms with van der Waals surface area (Å²) in [5.41, 5.74) is 2.50. The molecule has 20 heavy (non-hydrogen) atoms. The predicted molar refractivity (Wildman–Crippen MR) is 81.1 cm³/mol. The maximum absolute atomic E-state index is 5.39. The molecule has 0 aliphatic heterocycles. The van der Waals surface area contributed by atoms with Crippen LogP contribution in [-0.2, 0) is 19.9 Å². The van der Waals surface area contributed by atoms with E-state index < -0.39 is 0 Å². The minimum absolute atomic E-state index is 0.416. The third-order valence-corrected chi connectivity index (χ3v) is 3.52. The Bertz CT molecular complexity index is 536. The van der Waals surface area contributed by atoms with Crippen molar-refractivity contribution in [1.29, 1.82) is 0 Å². The number of rotatable bonds is 7. The quantitative estimate of drug-likeness (QED) is 0.840. The lowest BCUT2D eigenvalue weighted by molar-refractivity contribution is 0.406. The van der Waals surface area contributed by atoms with Crippen molar-refractivity contribution in [2.45, 2.75) is 25.8 Å². The van der Waals surface area contributed by atoms with Gasteiger partial charge in [-0.3, -0.25) is 4.68 Å². The van der Waals surface area contributed by atoms with E-state index >= 15 is 0 Å². The molecule has 4 heteroatoms. The molecular weight excluding hydrogens is 250 g/mol. The van der Waals surface area contributed by atoms with Gasteiger partial charge in [0.1, 0.15) is 5.75 Å². The van der Waals surface area contributed by atoms with Crippen LogP contribution in [0.1, 0.15) is 18.2 Å². The highest BCUT2D eigenvalue weighted by Crippen LogP contribution is 2.18. The first-order chi connectivity index (χ1) is 9.70. The predicted octanol–water partition coefficient (Wildman–Crippen LogP) is 2.19. The minimum Gasteiger partial charge on any atom is -0.496 e. The van der Waals surface area contributed by atoms with E-state index in [1.807, 2.05) is 30.1 Å². The second-order valence-corrected chi connectivity index (χ2v) is 5.07. The number of aromatic nitrogens is 2. The maximum atomic E-state index is 5.39. The van der Waals surface area contributed by atoms with E-state index in [9.17, 15) is 0 Å². The van der Waals surface area contributed by atoms with Gasteiger partial charge in [0.25, 0.3) is 0 Å². The summed E-state index contributed by atoms with van der Waals surface area (Å²) in [6, 6.07) is 10.7. The first-order valence-electron chi connectivity index (χ1n) is 7.03. The van der Waals surface area contributed by atoms with Crippen LogP contribution < -0.4 is 10.1 Å². The van der Waals surface area contributed by atoms with Gasteiger partial charge >= 0.3 is 0 Å². The van der Waals surface area contributed by atoms with Gasteiger partial charge in [-0.05, 0) is 31.0 Å². The monoisotopic (exact) mass is 273 g/mol. The summed E-state index contributed by atoms with van der Waals surface area (Å²) in [6.45, 7) is 3.16. The molecule has 0 aliphatic rings. The molecule has 0 bridgehead atoms. The molecule has 0 radical (unpaired) electrons. The molecule has 0 amide bonds. The normalized spacial score (nSPS) is 12.3. The van der Waals surface area contributed by atoms with Crippen LogP contribution in [0.2, 0.25) is 0 Å². The molecule has 2 rings (SSSR count). The van der Waals surface area contributed by atoms with Crippen molar-refractivity contribution < 1.29 is 4.74 Å². The van der Waals surface area contributed by atoms with Crippen LogP contribution in [0, 0.1) is 0 Å². The van der Waals surface area contributed by atoms with Gasteiger partial charge in [-0.15, -0.1) is 0 Å². The van der Waals surface area contributed by atoms with Crippen molar-refractivity contribution in [1.82, 2.24) is 15.1 Å². The second kappa shape index (κ2) is 7.10. The highest BCUT2D eigenvalue weighted by Gasteiger charge is 2.07. The zero-order valence-electron chi connectivity index (χ0n) is 12.5. The fraction of sp³-hybridized carbons (Fsp3) is 0.438. The van der Waals surface area contributed by atoms with Crippen molar-refractivity contribution in [3.63, 3.8) is 0 Å². The van der Waals surface area contributed by atoms with Crippen LogP contribution in [0.4, 0.5) is 0 Å². The first-order valence-corrected chi connectivity index (χ1v) is 7.03. The molecule has 0 saturated carbocycles. The lowest BCUT2D eigenvalue weighted by Crippen LogP contribution is -2.30. The number of methoxy groups -OCH3 is 1. The first kappa shape index (κ1) is 14.6. The maximum Gasteiger partial charge on any atom is 0.122 e. The molecule has 1 aromatic heterocycles. The van der Waals surface area contributed by atoms with Crippen LogP contribution in [-0.4, -0.2) is 29.5 Å². The van der Waals surface area contributed by atoms with Crippen molar-refractivity contribution in [2.24, 2.45) is 7.05 Å². The Morgan fingerprint density at radius 1 is 1.30 bits per heavy atom. The molecular formula is C16H23N3O. The van der Waals surface area contributed by atoms with Gasteiger partial charge in [0, 0.05) is 37.9 Å². The van der Waals surface area contributed by atoms with Crippen LogP contribution >= 0.6 is 0 Å². The van der Waals surface area contributed by atoms with Crippen molar-refractivity contribution in [3.8, 4) is 5.75 Å². The fourth-order valence-corrected chi connectivity index (χ4v) is 2.37. The summed E-state index contributed by atoms with van der Waals surface area (Å²) >= 11 is 0. The summed E-state index contributed by atoms with van der Waals surface area (Å²) in [5, 5.41) is 7.73. The average molecular weight is 273 g/mol. The van der Waals surface area contributed by atoms with E-state index in [4.69, 9.17) is 4.74 Å². The van der Waals surface area contributed by atoms with Crippen molar-refractivity contribution in [2.75, 3.05) is 13.7 Å². The van der Waals surface area contributed by atoms with E-state index in [1.54, 1.807) is 7.11 Å². The lowest BCUT2D eigenvalue weighted by Gasteiger charge is -2.15. The van der Waals surface area contributed by atoms with Gasteiger partial charge in [0.2, 0.25) is 0 Å².